The van der Waals surface area contributed by atoms with Crippen molar-refractivity contribution in [3.63, 3.8) is 0 Å². The molecule has 130 valence electrons. The van der Waals surface area contributed by atoms with E-state index in [2.05, 4.69) is 10.6 Å². The minimum Gasteiger partial charge on any atom is -0.493 e. The van der Waals surface area contributed by atoms with Crippen LogP contribution in [0.4, 0.5) is 5.69 Å². The van der Waals surface area contributed by atoms with Crippen LogP contribution in [-0.2, 0) is 11.2 Å². The van der Waals surface area contributed by atoms with E-state index in [1.807, 2.05) is 44.2 Å². The van der Waals surface area contributed by atoms with Crippen molar-refractivity contribution >= 4 is 17.5 Å². The zero-order valence-electron chi connectivity index (χ0n) is 14.5. The molecule has 1 heterocycles. The van der Waals surface area contributed by atoms with E-state index in [1.54, 1.807) is 12.1 Å². The maximum absolute atomic E-state index is 12.6. The van der Waals surface area contributed by atoms with Gasteiger partial charge in [0.2, 0.25) is 5.91 Å². The molecule has 0 unspecified atom stereocenters. The van der Waals surface area contributed by atoms with Crippen molar-refractivity contribution in [2.75, 3.05) is 11.9 Å². The van der Waals surface area contributed by atoms with Crippen LogP contribution in [0.25, 0.3) is 0 Å². The van der Waals surface area contributed by atoms with Crippen LogP contribution in [0.2, 0.25) is 0 Å². The van der Waals surface area contributed by atoms with Crippen molar-refractivity contribution in [1.29, 1.82) is 0 Å². The molecule has 0 aromatic heterocycles. The standard InChI is InChI=1S/C20H22N2O3/c1-3-25-18-7-5-4-6-16(18)20(24)21-13(2)14-8-10-17-15(12-14)9-11-19(23)22-17/h4-8,10,12-13H,3,9,11H2,1-2H3,(H,21,24)(H,22,23)/t13-/m1/s1. The fourth-order valence-electron chi connectivity index (χ4n) is 2.97. The Morgan fingerprint density at radius 3 is 2.84 bits per heavy atom. The minimum atomic E-state index is -0.164. The molecule has 2 amide bonds. The van der Waals surface area contributed by atoms with Gasteiger partial charge in [-0.1, -0.05) is 24.3 Å². The minimum absolute atomic E-state index is 0.0501. The number of carbonyl (C=O) groups is 2. The molecule has 0 aliphatic carbocycles. The van der Waals surface area contributed by atoms with Gasteiger partial charge in [0.1, 0.15) is 5.75 Å². The van der Waals surface area contributed by atoms with Crippen molar-refractivity contribution in [1.82, 2.24) is 5.32 Å². The van der Waals surface area contributed by atoms with Gasteiger partial charge in [-0.25, -0.2) is 0 Å². The van der Waals surface area contributed by atoms with Crippen molar-refractivity contribution in [2.24, 2.45) is 0 Å². The molecule has 0 radical (unpaired) electrons. The van der Waals surface area contributed by atoms with Crippen LogP contribution in [0.5, 0.6) is 5.75 Å². The van der Waals surface area contributed by atoms with Crippen LogP contribution >= 0.6 is 0 Å². The van der Waals surface area contributed by atoms with Crippen LogP contribution in [0.1, 0.15) is 47.8 Å². The van der Waals surface area contributed by atoms with Gasteiger partial charge in [-0.2, -0.15) is 0 Å². The molecule has 0 bridgehead atoms. The molecule has 0 spiro atoms. The van der Waals surface area contributed by atoms with Gasteiger partial charge in [0.05, 0.1) is 18.2 Å². The number of nitrogens with one attached hydrogen (secondary N) is 2. The number of hydrogen-bond donors (Lipinski definition) is 2. The van der Waals surface area contributed by atoms with Gasteiger partial charge in [0.25, 0.3) is 5.91 Å². The van der Waals surface area contributed by atoms with Gasteiger partial charge < -0.3 is 15.4 Å². The molecule has 5 heteroatoms. The fraction of sp³-hybridized carbons (Fsp3) is 0.300. The molecule has 1 aliphatic heterocycles. The predicted octanol–water partition coefficient (Wildman–Crippen LogP) is 3.46. The quantitative estimate of drug-likeness (QED) is 0.877. The zero-order valence-corrected chi connectivity index (χ0v) is 14.5. The highest BCUT2D eigenvalue weighted by molar-refractivity contribution is 5.97. The van der Waals surface area contributed by atoms with Gasteiger partial charge in [-0.3, -0.25) is 9.59 Å². The maximum atomic E-state index is 12.6. The van der Waals surface area contributed by atoms with Gasteiger partial charge in [0, 0.05) is 12.1 Å². The predicted molar refractivity (Wildman–Crippen MR) is 96.9 cm³/mol. The molecule has 25 heavy (non-hydrogen) atoms. The average Bonchev–Trinajstić information content (AvgIpc) is 2.61. The number of ether oxygens (including phenoxy) is 1. The average molecular weight is 338 g/mol. The third kappa shape index (κ3) is 3.82. The highest BCUT2D eigenvalue weighted by atomic mass is 16.5. The third-order valence-corrected chi connectivity index (χ3v) is 4.30. The summed E-state index contributed by atoms with van der Waals surface area (Å²) in [5, 5.41) is 5.89. The van der Waals surface area contributed by atoms with E-state index in [9.17, 15) is 9.59 Å². The second kappa shape index (κ2) is 7.38. The number of benzene rings is 2. The Kier molecular flexibility index (Phi) is 5.03. The van der Waals surface area contributed by atoms with Gasteiger partial charge >= 0.3 is 0 Å². The Labute approximate surface area is 147 Å². The van der Waals surface area contributed by atoms with E-state index in [-0.39, 0.29) is 17.9 Å². The highest BCUT2D eigenvalue weighted by Gasteiger charge is 2.18. The molecule has 1 aliphatic rings. The SMILES string of the molecule is CCOc1ccccc1C(=O)N[C@H](C)c1ccc2c(c1)CCC(=O)N2. The second-order valence-corrected chi connectivity index (χ2v) is 6.09. The summed E-state index contributed by atoms with van der Waals surface area (Å²) in [7, 11) is 0. The molecule has 2 aromatic carbocycles. The summed E-state index contributed by atoms with van der Waals surface area (Å²) < 4.78 is 5.53. The van der Waals surface area contributed by atoms with E-state index in [1.165, 1.54) is 0 Å². The largest absolute Gasteiger partial charge is 0.493 e. The number of aryl methyl sites for hydroxylation is 1. The molecule has 1 atom stereocenters. The summed E-state index contributed by atoms with van der Waals surface area (Å²) in [6.07, 6.45) is 1.22. The summed E-state index contributed by atoms with van der Waals surface area (Å²) in [4.78, 5) is 24.1. The van der Waals surface area contributed by atoms with E-state index < -0.39 is 0 Å². The first-order valence-corrected chi connectivity index (χ1v) is 8.54. The first kappa shape index (κ1) is 17.0. The maximum Gasteiger partial charge on any atom is 0.255 e. The van der Waals surface area contributed by atoms with Crippen LogP contribution in [0, 0.1) is 0 Å². The lowest BCUT2D eigenvalue weighted by Gasteiger charge is -2.21. The van der Waals surface area contributed by atoms with Crippen LogP contribution < -0.4 is 15.4 Å². The summed E-state index contributed by atoms with van der Waals surface area (Å²) in [5.74, 6) is 0.472. The van der Waals surface area contributed by atoms with Crippen LogP contribution in [0.15, 0.2) is 42.5 Å². The normalized spacial score (nSPS) is 14.2. The molecule has 2 N–H and O–H groups in total. The number of hydrogen-bond acceptors (Lipinski definition) is 3. The van der Waals surface area contributed by atoms with Gasteiger partial charge in [0.15, 0.2) is 0 Å². The first-order valence-electron chi connectivity index (χ1n) is 8.54. The van der Waals surface area contributed by atoms with Crippen molar-refractivity contribution in [3.05, 3.63) is 59.2 Å². The van der Waals surface area contributed by atoms with E-state index in [4.69, 9.17) is 4.74 Å². The lowest BCUT2D eigenvalue weighted by molar-refractivity contribution is -0.116. The molecule has 0 saturated carbocycles. The van der Waals surface area contributed by atoms with Crippen molar-refractivity contribution in [2.45, 2.75) is 32.7 Å². The molecular formula is C20H22N2O3. The Morgan fingerprint density at radius 1 is 1.24 bits per heavy atom. The molecule has 5 nitrogen and oxygen atoms in total. The van der Waals surface area contributed by atoms with Crippen LogP contribution in [-0.4, -0.2) is 18.4 Å². The summed E-state index contributed by atoms with van der Waals surface area (Å²) >= 11 is 0. The summed E-state index contributed by atoms with van der Waals surface area (Å²) in [6, 6.07) is 13.0. The Hall–Kier alpha value is -2.82. The fourth-order valence-corrected chi connectivity index (χ4v) is 2.97. The van der Waals surface area contributed by atoms with Crippen molar-refractivity contribution < 1.29 is 14.3 Å². The first-order chi connectivity index (χ1) is 12.1. The second-order valence-electron chi connectivity index (χ2n) is 6.09. The third-order valence-electron chi connectivity index (χ3n) is 4.30. The monoisotopic (exact) mass is 338 g/mol. The Bertz CT molecular complexity index is 801. The topological polar surface area (TPSA) is 67.4 Å². The summed E-state index contributed by atoms with van der Waals surface area (Å²) in [6.45, 7) is 4.35. The van der Waals surface area contributed by atoms with E-state index in [0.717, 1.165) is 23.2 Å². The molecule has 2 aromatic rings. The summed E-state index contributed by atoms with van der Waals surface area (Å²) in [5.41, 5.74) is 3.51. The number of amides is 2. The molecule has 0 saturated heterocycles. The van der Waals surface area contributed by atoms with Crippen molar-refractivity contribution in [3.8, 4) is 5.75 Å². The molecular weight excluding hydrogens is 316 g/mol. The van der Waals surface area contributed by atoms with Gasteiger partial charge in [-0.05, 0) is 49.6 Å². The van der Waals surface area contributed by atoms with E-state index >= 15 is 0 Å². The zero-order chi connectivity index (χ0) is 17.8. The Balaban J connectivity index is 1.75. The van der Waals surface area contributed by atoms with Crippen LogP contribution in [0.3, 0.4) is 0 Å². The van der Waals surface area contributed by atoms with E-state index in [0.29, 0.717) is 24.3 Å². The number of para-hydroxylation sites is 1. The molecule has 0 fully saturated rings. The molecule has 3 rings (SSSR count). The van der Waals surface area contributed by atoms with Gasteiger partial charge in [-0.15, -0.1) is 0 Å². The Morgan fingerprint density at radius 2 is 2.04 bits per heavy atom. The number of anilines is 1. The number of carbonyl (C=O) groups excluding carboxylic acids is 2. The lowest BCUT2D eigenvalue weighted by Crippen LogP contribution is -2.27. The highest BCUT2D eigenvalue weighted by Crippen LogP contribution is 2.26. The lowest BCUT2D eigenvalue weighted by atomic mass is 9.97. The number of fused-ring (bicyclic) bond motifs is 1. The number of rotatable bonds is 5. The smallest absolute Gasteiger partial charge is 0.255 e.